The third-order valence-electron chi connectivity index (χ3n) is 11.6. The summed E-state index contributed by atoms with van der Waals surface area (Å²) in [5, 5.41) is 18.3. The van der Waals surface area contributed by atoms with Crippen LogP contribution in [0.5, 0.6) is 0 Å². The molecule has 9 rings (SSSR count). The third kappa shape index (κ3) is 15.4. The lowest BCUT2D eigenvalue weighted by molar-refractivity contribution is -0.120. The molecule has 3 saturated heterocycles. The quantitative estimate of drug-likeness (QED) is 0.0852. The highest BCUT2D eigenvalue weighted by Crippen LogP contribution is 2.32. The molecule has 0 saturated carbocycles. The van der Waals surface area contributed by atoms with Gasteiger partial charge in [-0.1, -0.05) is 72.6 Å². The lowest BCUT2D eigenvalue weighted by atomic mass is 10.0. The van der Waals surface area contributed by atoms with Crippen LogP contribution in [-0.4, -0.2) is 111 Å². The summed E-state index contributed by atoms with van der Waals surface area (Å²) >= 11 is 17.1. The highest BCUT2D eigenvalue weighted by atomic mass is 35.5. The summed E-state index contributed by atoms with van der Waals surface area (Å²) < 4.78 is 137. The predicted molar refractivity (Wildman–Crippen MR) is 283 cm³/mol. The Morgan fingerprint density at radius 2 is 0.731 bits per heavy atom. The number of hydrogen-bond donors (Lipinski definition) is 6. The highest BCUT2D eigenvalue weighted by molar-refractivity contribution is 7.87. The van der Waals surface area contributed by atoms with Crippen molar-refractivity contribution in [1.29, 1.82) is 0 Å². The van der Waals surface area contributed by atoms with E-state index in [-0.39, 0.29) is 73.7 Å². The second-order valence-corrected chi connectivity index (χ2v) is 23.0. The van der Waals surface area contributed by atoms with Gasteiger partial charge in [0.05, 0.1) is 33.2 Å². The van der Waals surface area contributed by atoms with E-state index in [0.717, 1.165) is 31.1 Å². The molecule has 6 N–H and O–H groups in total. The number of likely N-dealkylation sites (N-methyl/N-ethyl adjacent to an activating group) is 3. The van der Waals surface area contributed by atoms with Crippen molar-refractivity contribution < 1.29 is 66.4 Å². The molecule has 0 aliphatic carbocycles. The van der Waals surface area contributed by atoms with Gasteiger partial charge >= 0.3 is 0 Å². The molecule has 78 heavy (non-hydrogen) atoms. The van der Waals surface area contributed by atoms with Crippen molar-refractivity contribution in [2.45, 2.75) is 77.8 Å². The molecule has 6 heterocycles. The fraction of sp³-hybridized carbons (Fsp3) is 0.333. The number of amides is 3. The first-order valence-electron chi connectivity index (χ1n) is 21.6. The van der Waals surface area contributed by atoms with Gasteiger partial charge in [0.1, 0.15) is 71.4 Å². The largest absolute Gasteiger partial charge is 0.364 e. The maximum atomic E-state index is 13.2. The van der Waals surface area contributed by atoms with Gasteiger partial charge in [-0.25, -0.2) is 13.2 Å². The van der Waals surface area contributed by atoms with E-state index in [0.29, 0.717) is 17.1 Å². The highest BCUT2D eigenvalue weighted by Gasteiger charge is 2.44. The molecule has 6 aromatic rings. The van der Waals surface area contributed by atoms with Gasteiger partial charge in [-0.3, -0.25) is 14.4 Å². The summed E-state index contributed by atoms with van der Waals surface area (Å²) in [7, 11) is -7.77. The second-order valence-electron chi connectivity index (χ2n) is 16.5. The number of nitrogens with zero attached hydrogens (tertiary/aromatic N) is 6. The van der Waals surface area contributed by atoms with E-state index >= 15 is 0 Å². The number of rotatable bonds is 9. The average molecular weight is 1210 g/mol. The van der Waals surface area contributed by atoms with Gasteiger partial charge in [-0.2, -0.15) is 52.3 Å². The van der Waals surface area contributed by atoms with E-state index in [1.807, 2.05) is 0 Å². The van der Waals surface area contributed by atoms with Gasteiger partial charge < -0.3 is 29.5 Å². The molecule has 426 valence electrons. The van der Waals surface area contributed by atoms with Crippen molar-refractivity contribution in [3.8, 4) is 0 Å². The van der Waals surface area contributed by atoms with Crippen LogP contribution in [0.15, 0.2) is 105 Å². The van der Waals surface area contributed by atoms with Gasteiger partial charge in [0.2, 0.25) is 17.7 Å². The lowest BCUT2D eigenvalue weighted by Gasteiger charge is -2.35. The van der Waals surface area contributed by atoms with Crippen LogP contribution < -0.4 is 30.1 Å². The predicted octanol–water partition coefficient (Wildman–Crippen LogP) is 6.96. The normalized spacial score (nSPS) is 22.4. The molecular weight excluding hydrogens is 1160 g/mol. The van der Waals surface area contributed by atoms with Gasteiger partial charge in [0.25, 0.3) is 30.6 Å². The number of anilines is 3. The maximum Gasteiger partial charge on any atom is 0.280 e. The molecule has 3 unspecified atom stereocenters. The van der Waals surface area contributed by atoms with E-state index in [2.05, 4.69) is 45.6 Å². The monoisotopic (exact) mass is 1210 g/mol. The first-order chi connectivity index (χ1) is 35.3. The van der Waals surface area contributed by atoms with Gasteiger partial charge in [-0.05, 0) is 73.9 Å². The molecule has 0 radical (unpaired) electrons. The fourth-order valence-corrected chi connectivity index (χ4v) is 11.8. The molecule has 33 heteroatoms. The van der Waals surface area contributed by atoms with Crippen molar-refractivity contribution in [3.05, 3.63) is 141 Å². The van der Waals surface area contributed by atoms with E-state index in [1.165, 1.54) is 94.5 Å². The molecule has 0 bridgehead atoms. The van der Waals surface area contributed by atoms with Gasteiger partial charge in [-0.15, -0.1) is 0 Å². The summed E-state index contributed by atoms with van der Waals surface area (Å²) in [4.78, 5) is 37.7. The van der Waals surface area contributed by atoms with Crippen molar-refractivity contribution in [3.63, 3.8) is 0 Å². The minimum atomic E-state index is -3.88. The number of nitrogens with one attached hydrogen (secondary N) is 6. The number of halogens is 6. The molecule has 3 aromatic carbocycles. The SMILES string of the molecule is C.C.C.CN1C(C(=O)Nc2ccc(F)c(Cl)c2)CC(c2ccon2)NS1(=O)=O.CN1C(C(=O)Nc2ccc(F)c(Cl)c2)C[C@@H](c2ccon2)NS1(=O)=O.CN1[C@H](C(=O)Nc2ccc(F)c(Cl)c2)C[C@H](c2ccon2)NS1(=O)=O. The number of carbonyl (C=O) groups is 3. The standard InChI is InChI=1S/3C14H14ClFN4O4S.3CH4/c3*1-20-13(14(21)17-8-2-3-10(16)9(15)6-8)7-12(19-25(20,22)23)11-4-5-24-18-11;;;/h3*2-6,12-13,19H,7H2,1H3,(H,17,21);3*1H4/t12-,13?;12-,13+;;;;/m01..../s1. The molecule has 3 fully saturated rings. The zero-order chi connectivity index (χ0) is 54.6. The molecule has 3 aliphatic heterocycles. The minimum Gasteiger partial charge on any atom is -0.364 e. The van der Waals surface area contributed by atoms with Crippen LogP contribution in [0.1, 0.15) is 76.7 Å². The van der Waals surface area contributed by atoms with Crippen molar-refractivity contribution in [2.75, 3.05) is 37.1 Å². The third-order valence-corrected chi connectivity index (χ3v) is 17.3. The summed E-state index contributed by atoms with van der Waals surface area (Å²) in [6, 6.07) is 10.6. The Hall–Kier alpha value is -6.03. The van der Waals surface area contributed by atoms with Crippen LogP contribution >= 0.6 is 34.8 Å². The van der Waals surface area contributed by atoms with Crippen molar-refractivity contribution in [1.82, 2.24) is 42.6 Å². The number of benzene rings is 3. The minimum absolute atomic E-state index is 0. The van der Waals surface area contributed by atoms with Crippen LogP contribution in [0.25, 0.3) is 0 Å². The summed E-state index contributed by atoms with van der Waals surface area (Å²) in [5.74, 6) is -3.55. The Bertz CT molecular complexity index is 3020. The van der Waals surface area contributed by atoms with Crippen molar-refractivity contribution >= 4 is 100 Å². The maximum absolute atomic E-state index is 13.2. The first-order valence-corrected chi connectivity index (χ1v) is 27.0. The average Bonchev–Trinajstić information content (AvgIpc) is 4.23. The Labute approximate surface area is 462 Å². The molecule has 3 aromatic heterocycles. The smallest absolute Gasteiger partial charge is 0.280 e. The number of aromatic nitrogens is 3. The lowest BCUT2D eigenvalue weighted by Crippen LogP contribution is -2.56. The Kier molecular flexibility index (Phi) is 22.1. The first kappa shape index (κ1) is 64.5. The Morgan fingerprint density at radius 3 is 0.936 bits per heavy atom. The second kappa shape index (κ2) is 26.7. The van der Waals surface area contributed by atoms with Crippen LogP contribution in [0.2, 0.25) is 15.1 Å². The number of carbonyl (C=O) groups excluding carboxylic acids is 3. The topological polar surface area (TPSA) is 314 Å². The Balaban J connectivity index is 0.000000248. The van der Waals surface area contributed by atoms with Crippen LogP contribution in [-0.2, 0) is 45.0 Å². The number of hydrogen-bond acceptors (Lipinski definition) is 15. The summed E-state index contributed by atoms with van der Waals surface area (Å²) in [6.45, 7) is 0. The van der Waals surface area contributed by atoms with Crippen LogP contribution in [0.4, 0.5) is 30.2 Å². The molecule has 24 nitrogen and oxygen atoms in total. The van der Waals surface area contributed by atoms with Gasteiger partial charge in [0, 0.05) is 56.4 Å². The van der Waals surface area contributed by atoms with E-state index in [4.69, 9.17) is 48.4 Å². The molecule has 3 aliphatic rings. The van der Waals surface area contributed by atoms with Crippen LogP contribution in [0.3, 0.4) is 0 Å². The molecular formula is C45H54Cl3F3N12O12S3. The van der Waals surface area contributed by atoms with E-state index in [9.17, 15) is 52.8 Å². The van der Waals surface area contributed by atoms with Crippen LogP contribution in [0, 0.1) is 17.5 Å². The Morgan fingerprint density at radius 1 is 0.487 bits per heavy atom. The zero-order valence-electron chi connectivity index (χ0n) is 38.8. The zero-order valence-corrected chi connectivity index (χ0v) is 43.5. The summed E-state index contributed by atoms with van der Waals surface area (Å²) in [5.41, 5.74) is 1.91. The summed E-state index contributed by atoms with van der Waals surface area (Å²) in [6.07, 6.45) is 4.38. The fourth-order valence-electron chi connectivity index (χ4n) is 7.51. The van der Waals surface area contributed by atoms with Gasteiger partial charge in [0.15, 0.2) is 0 Å². The molecule has 3 amide bonds. The van der Waals surface area contributed by atoms with E-state index in [1.54, 1.807) is 0 Å². The van der Waals surface area contributed by atoms with Crippen molar-refractivity contribution in [2.24, 2.45) is 0 Å². The molecule has 0 spiro atoms. The van der Waals surface area contributed by atoms with E-state index < -0.39 is 102 Å². The molecule has 6 atom stereocenters.